The standard InChI is InChI=1S/C18H22Cl2N4O2.HI/c1-3-21-18(23-11-17(25)22-10-14-5-4-8-26-14)24(2)12-13-6-7-15(19)16(20)9-13;/h4-9H,3,10-12H2,1-2H3,(H,21,23)(H,22,25);1H. The number of nitrogens with one attached hydrogen (secondary N) is 2. The highest BCUT2D eigenvalue weighted by Gasteiger charge is 2.09. The van der Waals surface area contributed by atoms with Gasteiger partial charge in [0.25, 0.3) is 0 Å². The molecule has 0 atom stereocenters. The summed E-state index contributed by atoms with van der Waals surface area (Å²) in [5.74, 6) is 1.15. The first-order valence-corrected chi connectivity index (χ1v) is 8.97. The van der Waals surface area contributed by atoms with Crippen LogP contribution in [0.5, 0.6) is 0 Å². The Bertz CT molecular complexity index is 754. The number of guanidine groups is 1. The molecule has 0 unspecified atom stereocenters. The maximum absolute atomic E-state index is 12.0. The number of benzene rings is 1. The number of carbonyl (C=O) groups excluding carboxylic acids is 1. The largest absolute Gasteiger partial charge is 0.467 e. The average Bonchev–Trinajstić information content (AvgIpc) is 3.13. The molecule has 2 rings (SSSR count). The van der Waals surface area contributed by atoms with Crippen LogP contribution in [-0.4, -0.2) is 36.9 Å². The predicted molar refractivity (Wildman–Crippen MR) is 120 cm³/mol. The molecule has 0 fully saturated rings. The molecule has 0 saturated carbocycles. The Hall–Kier alpha value is -1.45. The van der Waals surface area contributed by atoms with E-state index >= 15 is 0 Å². The Morgan fingerprint density at radius 2 is 2.00 bits per heavy atom. The maximum Gasteiger partial charge on any atom is 0.242 e. The molecule has 2 aromatic rings. The molecule has 148 valence electrons. The van der Waals surface area contributed by atoms with Crippen molar-refractivity contribution < 1.29 is 9.21 Å². The second kappa shape index (κ2) is 12.1. The van der Waals surface area contributed by atoms with Gasteiger partial charge in [-0.3, -0.25) is 4.79 Å². The normalized spacial score (nSPS) is 10.9. The summed E-state index contributed by atoms with van der Waals surface area (Å²) >= 11 is 12.0. The number of hydrogen-bond acceptors (Lipinski definition) is 3. The van der Waals surface area contributed by atoms with Crippen LogP contribution in [-0.2, 0) is 17.9 Å². The van der Waals surface area contributed by atoms with Crippen LogP contribution in [0.2, 0.25) is 10.0 Å². The molecule has 1 aromatic heterocycles. The van der Waals surface area contributed by atoms with Crippen LogP contribution in [0.4, 0.5) is 0 Å². The molecule has 0 aliphatic rings. The second-order valence-electron chi connectivity index (χ2n) is 5.63. The van der Waals surface area contributed by atoms with Crippen LogP contribution in [0.1, 0.15) is 18.2 Å². The molecule has 9 heteroatoms. The van der Waals surface area contributed by atoms with Gasteiger partial charge in [-0.1, -0.05) is 29.3 Å². The lowest BCUT2D eigenvalue weighted by Crippen LogP contribution is -2.39. The molecule has 0 spiro atoms. The third-order valence-electron chi connectivity index (χ3n) is 3.51. The fourth-order valence-electron chi connectivity index (χ4n) is 2.26. The van der Waals surface area contributed by atoms with Crippen LogP contribution in [0.25, 0.3) is 0 Å². The topological polar surface area (TPSA) is 69.9 Å². The van der Waals surface area contributed by atoms with Crippen molar-refractivity contribution in [2.45, 2.75) is 20.0 Å². The summed E-state index contributed by atoms with van der Waals surface area (Å²) in [6, 6.07) is 9.07. The lowest BCUT2D eigenvalue weighted by molar-refractivity contribution is -0.119. The van der Waals surface area contributed by atoms with Gasteiger partial charge in [0.15, 0.2) is 5.96 Å². The lowest BCUT2D eigenvalue weighted by Gasteiger charge is -2.22. The molecule has 0 radical (unpaired) electrons. The van der Waals surface area contributed by atoms with Crippen molar-refractivity contribution in [2.24, 2.45) is 4.99 Å². The second-order valence-corrected chi connectivity index (χ2v) is 6.45. The molecule has 6 nitrogen and oxygen atoms in total. The summed E-state index contributed by atoms with van der Waals surface area (Å²) in [6.07, 6.45) is 1.57. The number of carbonyl (C=O) groups is 1. The molecule has 0 saturated heterocycles. The molecular formula is C18H23Cl2IN4O2. The smallest absolute Gasteiger partial charge is 0.242 e. The third kappa shape index (κ3) is 7.98. The lowest BCUT2D eigenvalue weighted by atomic mass is 10.2. The van der Waals surface area contributed by atoms with E-state index in [1.807, 2.05) is 31.0 Å². The Morgan fingerprint density at radius 1 is 1.22 bits per heavy atom. The Labute approximate surface area is 186 Å². The zero-order chi connectivity index (χ0) is 18.9. The van der Waals surface area contributed by atoms with Crippen molar-refractivity contribution in [3.63, 3.8) is 0 Å². The number of nitrogens with zero attached hydrogens (tertiary/aromatic N) is 2. The van der Waals surface area contributed by atoms with E-state index in [4.69, 9.17) is 27.6 Å². The van der Waals surface area contributed by atoms with Gasteiger partial charge in [0.2, 0.25) is 5.91 Å². The third-order valence-corrected chi connectivity index (χ3v) is 4.25. The molecule has 0 aliphatic heterocycles. The van der Waals surface area contributed by atoms with Gasteiger partial charge in [-0.15, -0.1) is 24.0 Å². The van der Waals surface area contributed by atoms with E-state index in [0.29, 0.717) is 41.4 Å². The van der Waals surface area contributed by atoms with E-state index in [1.165, 1.54) is 0 Å². The van der Waals surface area contributed by atoms with E-state index in [2.05, 4.69) is 15.6 Å². The summed E-state index contributed by atoms with van der Waals surface area (Å²) in [7, 11) is 1.89. The first-order valence-electron chi connectivity index (χ1n) is 8.22. The van der Waals surface area contributed by atoms with Gasteiger partial charge >= 0.3 is 0 Å². The summed E-state index contributed by atoms with van der Waals surface area (Å²) < 4.78 is 5.18. The van der Waals surface area contributed by atoms with Gasteiger partial charge < -0.3 is 20.0 Å². The van der Waals surface area contributed by atoms with Gasteiger partial charge in [-0.05, 0) is 36.8 Å². The minimum Gasteiger partial charge on any atom is -0.467 e. The molecule has 1 heterocycles. The van der Waals surface area contributed by atoms with Crippen molar-refractivity contribution in [3.05, 3.63) is 58.0 Å². The number of aliphatic imine (C=N–C) groups is 1. The van der Waals surface area contributed by atoms with Crippen LogP contribution >= 0.6 is 47.2 Å². The van der Waals surface area contributed by atoms with Gasteiger partial charge in [0.05, 0.1) is 22.9 Å². The van der Waals surface area contributed by atoms with E-state index in [-0.39, 0.29) is 36.4 Å². The first kappa shape index (κ1) is 23.6. The minimum atomic E-state index is -0.181. The first-order chi connectivity index (χ1) is 12.5. The predicted octanol–water partition coefficient (Wildman–Crippen LogP) is 3.92. The summed E-state index contributed by atoms with van der Waals surface area (Å²) in [6.45, 7) is 3.61. The highest BCUT2D eigenvalue weighted by Crippen LogP contribution is 2.23. The number of furan rings is 1. The summed E-state index contributed by atoms with van der Waals surface area (Å²) in [4.78, 5) is 18.3. The molecule has 1 aromatic carbocycles. The van der Waals surface area contributed by atoms with E-state index in [1.54, 1.807) is 24.5 Å². The van der Waals surface area contributed by atoms with Crippen LogP contribution in [0.15, 0.2) is 46.0 Å². The zero-order valence-electron chi connectivity index (χ0n) is 15.2. The molecular weight excluding hydrogens is 502 g/mol. The Kier molecular flexibility index (Phi) is 10.6. The van der Waals surface area contributed by atoms with E-state index in [9.17, 15) is 4.79 Å². The summed E-state index contributed by atoms with van der Waals surface area (Å²) in [5.41, 5.74) is 0.995. The van der Waals surface area contributed by atoms with Gasteiger partial charge in [-0.25, -0.2) is 4.99 Å². The summed E-state index contributed by atoms with van der Waals surface area (Å²) in [5, 5.41) is 6.97. The molecule has 27 heavy (non-hydrogen) atoms. The highest BCUT2D eigenvalue weighted by molar-refractivity contribution is 14.0. The van der Waals surface area contributed by atoms with Crippen molar-refractivity contribution in [1.82, 2.24) is 15.5 Å². The molecule has 0 aliphatic carbocycles. The molecule has 2 N–H and O–H groups in total. The molecule has 1 amide bonds. The fourth-order valence-corrected chi connectivity index (χ4v) is 2.58. The van der Waals surface area contributed by atoms with Crippen molar-refractivity contribution in [3.8, 4) is 0 Å². The van der Waals surface area contributed by atoms with E-state index in [0.717, 1.165) is 5.56 Å². The van der Waals surface area contributed by atoms with Gasteiger partial charge in [-0.2, -0.15) is 0 Å². The van der Waals surface area contributed by atoms with Gasteiger partial charge in [0, 0.05) is 20.1 Å². The quantitative estimate of drug-likeness (QED) is 0.327. The number of halogens is 3. The molecule has 0 bridgehead atoms. The van der Waals surface area contributed by atoms with Crippen molar-refractivity contribution in [1.29, 1.82) is 0 Å². The fraction of sp³-hybridized carbons (Fsp3) is 0.333. The highest BCUT2D eigenvalue weighted by atomic mass is 127. The monoisotopic (exact) mass is 524 g/mol. The number of amides is 1. The zero-order valence-corrected chi connectivity index (χ0v) is 19.0. The Balaban J connectivity index is 0.00000364. The number of hydrogen-bond donors (Lipinski definition) is 2. The average molecular weight is 525 g/mol. The van der Waals surface area contributed by atoms with Crippen LogP contribution < -0.4 is 10.6 Å². The Morgan fingerprint density at radius 3 is 2.63 bits per heavy atom. The van der Waals surface area contributed by atoms with Crippen molar-refractivity contribution in [2.75, 3.05) is 20.1 Å². The van der Waals surface area contributed by atoms with Crippen LogP contribution in [0, 0.1) is 0 Å². The van der Waals surface area contributed by atoms with Crippen LogP contribution in [0.3, 0.4) is 0 Å². The maximum atomic E-state index is 12.0. The van der Waals surface area contributed by atoms with Gasteiger partial charge in [0.1, 0.15) is 12.3 Å². The van der Waals surface area contributed by atoms with E-state index < -0.39 is 0 Å². The minimum absolute atomic E-state index is 0. The number of rotatable bonds is 7. The SMILES string of the molecule is CCNC(=NCC(=O)NCc1ccco1)N(C)Cc1ccc(Cl)c(Cl)c1.I. The van der Waals surface area contributed by atoms with Crippen molar-refractivity contribution >= 4 is 59.0 Å².